The van der Waals surface area contributed by atoms with E-state index in [0.717, 1.165) is 57.8 Å². The minimum Gasteiger partial charge on any atom is -0.393 e. The predicted octanol–water partition coefficient (Wildman–Crippen LogP) is 5.81. The molecule has 25 heteroatoms. The van der Waals surface area contributed by atoms with Crippen molar-refractivity contribution >= 4 is 95.5 Å². The van der Waals surface area contributed by atoms with Crippen LogP contribution in [0.3, 0.4) is 0 Å². The summed E-state index contributed by atoms with van der Waals surface area (Å²) in [5.41, 5.74) is -0.0617. The lowest BCUT2D eigenvalue weighted by Crippen LogP contribution is -2.42. The molecule has 16 rings (SSSR count). The number of carbonyl (C=O) groups excluding carboxylic acids is 16. The molecule has 0 N–H and O–H groups in total. The van der Waals surface area contributed by atoms with Crippen molar-refractivity contribution in [2.75, 3.05) is 0 Å². The van der Waals surface area contributed by atoms with Crippen LogP contribution in [0.1, 0.15) is 174 Å². The number of rotatable bonds is 7. The third kappa shape index (κ3) is 12.5. The van der Waals surface area contributed by atoms with E-state index in [1.165, 1.54) is 0 Å². The zero-order valence-electron chi connectivity index (χ0n) is 52.2. The molecule has 8 aliphatic heterocycles. The van der Waals surface area contributed by atoms with Gasteiger partial charge in [0.2, 0.25) is 0 Å². The van der Waals surface area contributed by atoms with Crippen molar-refractivity contribution in [2.24, 2.45) is 136 Å². The molecule has 16 fully saturated rings. The van der Waals surface area contributed by atoms with E-state index < -0.39 is 35.7 Å². The Hall–Kier alpha value is -6.92. The van der Waals surface area contributed by atoms with Crippen molar-refractivity contribution in [1.82, 2.24) is 0 Å². The van der Waals surface area contributed by atoms with E-state index in [9.17, 15) is 76.7 Å². The molecule has 0 bridgehead atoms. The second-order valence-corrected chi connectivity index (χ2v) is 30.2. The van der Waals surface area contributed by atoms with Gasteiger partial charge in [-0.15, -0.1) is 0 Å². The highest BCUT2D eigenvalue weighted by Gasteiger charge is 2.58. The highest BCUT2D eigenvalue weighted by molar-refractivity contribution is 6.01. The fourth-order valence-electron chi connectivity index (χ4n) is 19.8. The molecule has 93 heavy (non-hydrogen) atoms. The molecular formula is C68H80O25. The van der Waals surface area contributed by atoms with Crippen LogP contribution in [0, 0.1) is 136 Å². The van der Waals surface area contributed by atoms with Gasteiger partial charge >= 0.3 is 95.5 Å². The Morgan fingerprint density at radius 1 is 0.247 bits per heavy atom. The molecule has 0 radical (unpaired) electrons. The lowest BCUT2D eigenvalue weighted by Gasteiger charge is -2.47. The van der Waals surface area contributed by atoms with E-state index in [-0.39, 0.29) is 172 Å². The number of hydrogen-bond donors (Lipinski definition) is 0. The first-order valence-electron chi connectivity index (χ1n) is 34.1. The molecule has 24 unspecified atom stereocenters. The van der Waals surface area contributed by atoms with Crippen LogP contribution in [0.5, 0.6) is 0 Å². The summed E-state index contributed by atoms with van der Waals surface area (Å²) in [5.74, 6) is -8.80. The molecule has 0 aromatic rings. The van der Waals surface area contributed by atoms with E-state index in [0.29, 0.717) is 138 Å². The fraction of sp³-hybridized carbons (Fsp3) is 0.765. The lowest BCUT2D eigenvalue weighted by molar-refractivity contribution is -0.155. The number of hydrogen-bond acceptors (Lipinski definition) is 25. The first kappa shape index (κ1) is 64.8. The number of fused-ring (bicyclic) bond motifs is 8. The van der Waals surface area contributed by atoms with Crippen LogP contribution in [0.25, 0.3) is 0 Å². The Morgan fingerprint density at radius 3 is 0.753 bits per heavy atom. The molecule has 8 saturated heterocycles. The van der Waals surface area contributed by atoms with Gasteiger partial charge in [-0.3, -0.25) is 76.7 Å². The number of cyclic esters (lactones) is 16. The van der Waals surface area contributed by atoms with E-state index >= 15 is 0 Å². The van der Waals surface area contributed by atoms with Gasteiger partial charge in [-0.25, -0.2) is 0 Å². The zero-order valence-corrected chi connectivity index (χ0v) is 52.2. The van der Waals surface area contributed by atoms with E-state index in [2.05, 4.69) is 13.8 Å². The van der Waals surface area contributed by atoms with Gasteiger partial charge < -0.3 is 42.6 Å². The first-order valence-corrected chi connectivity index (χ1v) is 34.1. The maximum absolute atomic E-state index is 12.0. The van der Waals surface area contributed by atoms with Crippen LogP contribution < -0.4 is 0 Å². The Kier molecular flexibility index (Phi) is 17.9. The number of ether oxygens (including phenoxy) is 9. The van der Waals surface area contributed by atoms with Crippen LogP contribution in [0.15, 0.2) is 0 Å². The molecular weight excluding hydrogens is 1220 g/mol. The molecule has 16 aliphatic rings. The minimum absolute atomic E-state index is 0.0617. The van der Waals surface area contributed by atoms with Crippen LogP contribution in [-0.2, 0) is 119 Å². The Bertz CT molecular complexity index is 2910. The second-order valence-electron chi connectivity index (χ2n) is 30.2. The van der Waals surface area contributed by atoms with E-state index in [1.54, 1.807) is 0 Å². The van der Waals surface area contributed by atoms with Crippen molar-refractivity contribution in [3.63, 3.8) is 0 Å². The van der Waals surface area contributed by atoms with Crippen molar-refractivity contribution in [3.05, 3.63) is 0 Å². The van der Waals surface area contributed by atoms with Gasteiger partial charge in [-0.1, -0.05) is 13.8 Å². The average molecular weight is 1300 g/mol. The highest BCUT2D eigenvalue weighted by atomic mass is 16.6. The van der Waals surface area contributed by atoms with Gasteiger partial charge in [0.15, 0.2) is 0 Å². The summed E-state index contributed by atoms with van der Waals surface area (Å²) in [6, 6.07) is 0. The van der Waals surface area contributed by atoms with Crippen LogP contribution in [0.2, 0.25) is 0 Å². The summed E-state index contributed by atoms with van der Waals surface area (Å²) in [6.07, 6.45) is 18.1. The Morgan fingerprint density at radius 2 is 0.462 bits per heavy atom. The molecule has 0 aromatic heterocycles. The van der Waals surface area contributed by atoms with Crippen molar-refractivity contribution in [1.29, 1.82) is 0 Å². The minimum atomic E-state index is -0.443. The van der Waals surface area contributed by atoms with E-state index in [1.807, 2.05) is 0 Å². The Balaban J connectivity index is 0.000000113. The van der Waals surface area contributed by atoms with Crippen LogP contribution in [-0.4, -0.2) is 108 Å². The van der Waals surface area contributed by atoms with Gasteiger partial charge in [0.25, 0.3) is 0 Å². The maximum Gasteiger partial charge on any atom is 0.317 e. The summed E-state index contributed by atoms with van der Waals surface area (Å²) in [4.78, 5) is 187. The van der Waals surface area contributed by atoms with Gasteiger partial charge in [-0.05, 0) is 201 Å². The van der Waals surface area contributed by atoms with Gasteiger partial charge in [-0.2, -0.15) is 0 Å². The van der Waals surface area contributed by atoms with Crippen molar-refractivity contribution < 1.29 is 119 Å². The molecule has 24 atom stereocenters. The summed E-state index contributed by atoms with van der Waals surface area (Å²) in [5, 5.41) is 0. The second kappa shape index (κ2) is 25.7. The molecule has 8 saturated carbocycles. The molecule has 8 heterocycles. The smallest absolute Gasteiger partial charge is 0.317 e. The van der Waals surface area contributed by atoms with Crippen LogP contribution in [0.4, 0.5) is 0 Å². The zero-order chi connectivity index (χ0) is 65.6. The van der Waals surface area contributed by atoms with E-state index in [4.69, 9.17) is 42.6 Å². The molecule has 25 nitrogen and oxygen atoms in total. The van der Waals surface area contributed by atoms with Gasteiger partial charge in [0.1, 0.15) is 0 Å². The standard InChI is InChI=1S/C19H24O6.C17H20O6.C16H18O7.C16H18O6/c1-19(2,9-3-5-11-13(7-9)17(22)24-15(11)20)10-4-6-12-14(8-10)18(23)25-16(12)21;18-14-10-3-1-8(6-12(10)16(20)22-14)5-9-2-4-11-13(7-9)17(21)23-15(11)19;17-13-9-3-1-7(5-11(9)15(19)22-13)21-8-2-4-10-12(6-8)16(20)23-14(10)18;17-13-9-3-1-7(5-11(9)15(19)21-13)8-2-4-10-12(6-8)16(20)22-14(10)18/h9-14H,3-8H2,1-2H3;8-13H,1-7H2;7-12H,1-6H2;7-12H,1-6H2. The average Bonchev–Trinajstić information content (AvgIpc) is 1.77. The quantitative estimate of drug-likeness (QED) is 0.165. The largest absolute Gasteiger partial charge is 0.393 e. The van der Waals surface area contributed by atoms with Gasteiger partial charge in [0, 0.05) is 0 Å². The van der Waals surface area contributed by atoms with Crippen molar-refractivity contribution in [2.45, 2.75) is 187 Å². The summed E-state index contributed by atoms with van der Waals surface area (Å²) in [7, 11) is 0. The lowest BCUT2D eigenvalue weighted by atomic mass is 9.56. The summed E-state index contributed by atoms with van der Waals surface area (Å²) in [6.45, 7) is 4.40. The first-order chi connectivity index (χ1) is 44.4. The summed E-state index contributed by atoms with van der Waals surface area (Å²) < 4.78 is 44.1. The third-order valence-corrected chi connectivity index (χ3v) is 25.3. The molecule has 8 aliphatic carbocycles. The molecule has 502 valence electrons. The third-order valence-electron chi connectivity index (χ3n) is 25.3. The monoisotopic (exact) mass is 1300 g/mol. The summed E-state index contributed by atoms with van der Waals surface area (Å²) >= 11 is 0. The molecule has 0 amide bonds. The predicted molar refractivity (Wildman–Crippen MR) is 303 cm³/mol. The topological polar surface area (TPSA) is 356 Å². The SMILES string of the molecule is CC(C)(C1CCC2C(=O)OC(=O)C2C1)C1CCC2C(=O)OC(=O)C2C1.O=C1OC(=O)C2CC(C3CCC4C(=O)OC(=O)C4C3)CCC12.O=C1OC(=O)C2CC(CC3CCC4C(=O)OC(=O)C4C3)CCC12.O=C1OC(=O)C2CC(OC3CCC4C(=O)OC(=O)C4C3)CCC12. The van der Waals surface area contributed by atoms with Crippen molar-refractivity contribution in [3.8, 4) is 0 Å². The number of carbonyl (C=O) groups is 16. The number of esters is 16. The van der Waals surface area contributed by atoms with Crippen LogP contribution >= 0.6 is 0 Å². The highest BCUT2D eigenvalue weighted by Crippen LogP contribution is 2.56. The van der Waals surface area contributed by atoms with Gasteiger partial charge in [0.05, 0.1) is 107 Å². The molecule has 0 spiro atoms. The normalized spacial score (nSPS) is 42.8. The fourth-order valence-corrected chi connectivity index (χ4v) is 19.8. The molecule has 0 aromatic carbocycles. The Labute approximate surface area is 535 Å². The maximum atomic E-state index is 12.0.